The molecule has 0 fully saturated rings. The summed E-state index contributed by atoms with van der Waals surface area (Å²) in [6.07, 6.45) is 4.49. The van der Waals surface area contributed by atoms with Gasteiger partial charge in [0.15, 0.2) is 0 Å². The summed E-state index contributed by atoms with van der Waals surface area (Å²) in [5.41, 5.74) is 3.34. The van der Waals surface area contributed by atoms with E-state index in [0.717, 1.165) is 36.0 Å². The van der Waals surface area contributed by atoms with Crippen molar-refractivity contribution in [1.29, 1.82) is 0 Å². The van der Waals surface area contributed by atoms with Crippen molar-refractivity contribution in [1.82, 2.24) is 10.2 Å². The molecule has 7 nitrogen and oxygen atoms in total. The Balaban J connectivity index is 1.87. The third-order valence-corrected chi connectivity index (χ3v) is 8.75. The van der Waals surface area contributed by atoms with Crippen LogP contribution in [0.3, 0.4) is 0 Å². The van der Waals surface area contributed by atoms with E-state index < -0.39 is 16.1 Å². The minimum Gasteiger partial charge on any atom is -0.354 e. The summed E-state index contributed by atoms with van der Waals surface area (Å²) in [6, 6.07) is 23.6. The quantitative estimate of drug-likeness (QED) is 0.201. The third-order valence-electron chi connectivity index (χ3n) is 7.18. The Morgan fingerprint density at radius 3 is 2.17 bits per heavy atom. The molecule has 0 radical (unpaired) electrons. The Morgan fingerprint density at radius 2 is 1.55 bits per heavy atom. The first-order chi connectivity index (χ1) is 20.1. The first-order valence-corrected chi connectivity index (χ1v) is 16.8. The number of sulfonamides is 1. The monoisotopic (exact) mass is 611 g/mol. The number of unbranched alkanes of at least 4 members (excludes halogenated alkanes) is 1. The number of rotatable bonds is 16. The van der Waals surface area contributed by atoms with Crippen molar-refractivity contribution in [2.75, 3.05) is 23.7 Å². The first-order valence-electron chi connectivity index (χ1n) is 14.5. The van der Waals surface area contributed by atoms with Crippen LogP contribution in [0.5, 0.6) is 0 Å². The van der Waals surface area contributed by atoms with E-state index in [-0.39, 0.29) is 37.7 Å². The Bertz CT molecular complexity index is 1400. The van der Waals surface area contributed by atoms with Gasteiger partial charge in [-0.1, -0.05) is 92.5 Å². The normalized spacial score (nSPS) is 12.0. The summed E-state index contributed by atoms with van der Waals surface area (Å²) < 4.78 is 26.7. The molecule has 1 N–H and O–H groups in total. The average Bonchev–Trinajstić information content (AvgIpc) is 2.98. The summed E-state index contributed by atoms with van der Waals surface area (Å²) in [5.74, 6) is -0.460. The van der Waals surface area contributed by atoms with Crippen LogP contribution in [0.1, 0.15) is 56.2 Å². The maximum Gasteiger partial charge on any atom is 0.243 e. The highest BCUT2D eigenvalue weighted by atomic mass is 35.5. The molecule has 0 saturated carbocycles. The van der Waals surface area contributed by atoms with Gasteiger partial charge in [-0.3, -0.25) is 13.9 Å². The highest BCUT2D eigenvalue weighted by molar-refractivity contribution is 7.92. The number of carbonyl (C=O) groups is 2. The zero-order valence-corrected chi connectivity index (χ0v) is 26.3. The van der Waals surface area contributed by atoms with Crippen LogP contribution in [-0.2, 0) is 39.0 Å². The average molecular weight is 612 g/mol. The lowest BCUT2D eigenvalue weighted by Gasteiger charge is -2.32. The second-order valence-corrected chi connectivity index (χ2v) is 12.7. The minimum absolute atomic E-state index is 0.0665. The number of nitrogens with zero attached hydrogens (tertiary/aromatic N) is 2. The van der Waals surface area contributed by atoms with Gasteiger partial charge in [0, 0.05) is 37.5 Å². The zero-order valence-electron chi connectivity index (χ0n) is 24.8. The lowest BCUT2D eigenvalue weighted by molar-refractivity contribution is -0.141. The van der Waals surface area contributed by atoms with Gasteiger partial charge in [0.1, 0.15) is 6.04 Å². The van der Waals surface area contributed by atoms with Crippen LogP contribution in [0, 0.1) is 0 Å². The fourth-order valence-electron chi connectivity index (χ4n) is 4.77. The van der Waals surface area contributed by atoms with Gasteiger partial charge >= 0.3 is 0 Å². The van der Waals surface area contributed by atoms with E-state index in [1.807, 2.05) is 67.6 Å². The van der Waals surface area contributed by atoms with Crippen molar-refractivity contribution < 1.29 is 18.0 Å². The molecular weight excluding hydrogens is 570 g/mol. The molecule has 0 aromatic heterocycles. The first kappa shape index (κ1) is 33.1. The van der Waals surface area contributed by atoms with Crippen LogP contribution >= 0.6 is 11.6 Å². The Kier molecular flexibility index (Phi) is 12.9. The van der Waals surface area contributed by atoms with Gasteiger partial charge in [-0.05, 0) is 54.2 Å². The molecule has 0 aliphatic rings. The van der Waals surface area contributed by atoms with Gasteiger partial charge < -0.3 is 10.2 Å². The van der Waals surface area contributed by atoms with Crippen LogP contribution in [0.25, 0.3) is 0 Å². The van der Waals surface area contributed by atoms with Crippen molar-refractivity contribution in [2.24, 2.45) is 0 Å². The van der Waals surface area contributed by atoms with Crippen molar-refractivity contribution >= 4 is 39.1 Å². The van der Waals surface area contributed by atoms with Gasteiger partial charge in [0.05, 0.1) is 11.9 Å². The summed E-state index contributed by atoms with van der Waals surface area (Å²) in [7, 11) is -3.57. The van der Waals surface area contributed by atoms with Crippen molar-refractivity contribution in [3.63, 3.8) is 0 Å². The topological polar surface area (TPSA) is 86.8 Å². The predicted molar refractivity (Wildman–Crippen MR) is 171 cm³/mol. The minimum atomic E-state index is -3.57. The molecule has 3 rings (SSSR count). The largest absolute Gasteiger partial charge is 0.354 e. The van der Waals surface area contributed by atoms with E-state index in [0.29, 0.717) is 23.7 Å². The molecule has 3 aromatic carbocycles. The fraction of sp³-hybridized carbons (Fsp3) is 0.394. The molecule has 0 heterocycles. The summed E-state index contributed by atoms with van der Waals surface area (Å²) >= 11 is 6.49. The van der Waals surface area contributed by atoms with E-state index >= 15 is 0 Å². The zero-order chi connectivity index (χ0) is 30.5. The Hall–Kier alpha value is -3.36. The molecule has 2 amide bonds. The van der Waals surface area contributed by atoms with Crippen molar-refractivity contribution in [2.45, 2.75) is 65.0 Å². The standard InChI is InChI=1S/C33H42ClN3O4S/c1-4-6-22-35-33(39)31(24-27-13-8-7-9-14-27)36(25-28-15-10-11-16-30(28)34)32(38)17-12-23-37(42(3,40)41)29-20-18-26(5-2)19-21-29/h7-11,13-16,18-21,31H,4-6,12,17,22-25H2,1-3H3,(H,35,39). The molecule has 0 saturated heterocycles. The summed E-state index contributed by atoms with van der Waals surface area (Å²) in [6.45, 7) is 4.92. The number of aryl methyl sites for hydroxylation is 1. The number of halogens is 1. The highest BCUT2D eigenvalue weighted by Crippen LogP contribution is 2.23. The molecule has 0 spiro atoms. The van der Waals surface area contributed by atoms with Crippen LogP contribution in [0.2, 0.25) is 5.02 Å². The van der Waals surface area contributed by atoms with Crippen LogP contribution in [0.4, 0.5) is 5.69 Å². The predicted octanol–water partition coefficient (Wildman–Crippen LogP) is 6.01. The molecule has 9 heteroatoms. The number of amides is 2. The molecule has 1 atom stereocenters. The molecule has 0 aliphatic heterocycles. The lowest BCUT2D eigenvalue weighted by atomic mass is 10.0. The molecule has 0 bridgehead atoms. The maximum absolute atomic E-state index is 13.9. The van der Waals surface area contributed by atoms with E-state index in [4.69, 9.17) is 11.6 Å². The molecule has 226 valence electrons. The number of carbonyl (C=O) groups excluding carboxylic acids is 2. The third kappa shape index (κ3) is 9.88. The van der Waals surface area contributed by atoms with Gasteiger partial charge in [-0.15, -0.1) is 0 Å². The van der Waals surface area contributed by atoms with Crippen LogP contribution in [-0.4, -0.2) is 50.5 Å². The number of hydrogen-bond acceptors (Lipinski definition) is 4. The summed E-state index contributed by atoms with van der Waals surface area (Å²) in [5, 5.41) is 3.52. The fourth-order valence-corrected chi connectivity index (χ4v) is 5.93. The molecule has 1 unspecified atom stereocenters. The highest BCUT2D eigenvalue weighted by Gasteiger charge is 2.31. The van der Waals surface area contributed by atoms with Crippen LogP contribution in [0.15, 0.2) is 78.9 Å². The second-order valence-electron chi connectivity index (χ2n) is 10.4. The Labute approximate surface area is 255 Å². The number of benzene rings is 3. The molecule has 0 aliphatic carbocycles. The van der Waals surface area contributed by atoms with E-state index in [1.165, 1.54) is 10.6 Å². The number of nitrogens with one attached hydrogen (secondary N) is 1. The SMILES string of the molecule is CCCCNC(=O)C(Cc1ccccc1)N(Cc1ccccc1Cl)C(=O)CCCN(c1ccc(CC)cc1)S(C)(=O)=O. The van der Waals surface area contributed by atoms with E-state index in [2.05, 4.69) is 12.2 Å². The lowest BCUT2D eigenvalue weighted by Crippen LogP contribution is -2.50. The number of hydrogen-bond donors (Lipinski definition) is 1. The second kappa shape index (κ2) is 16.3. The van der Waals surface area contributed by atoms with Gasteiger partial charge in [0.25, 0.3) is 0 Å². The summed E-state index contributed by atoms with van der Waals surface area (Å²) in [4.78, 5) is 29.1. The smallest absolute Gasteiger partial charge is 0.243 e. The van der Waals surface area contributed by atoms with Gasteiger partial charge in [-0.25, -0.2) is 8.42 Å². The van der Waals surface area contributed by atoms with Crippen LogP contribution < -0.4 is 9.62 Å². The van der Waals surface area contributed by atoms with E-state index in [1.54, 1.807) is 23.1 Å². The molecule has 42 heavy (non-hydrogen) atoms. The van der Waals surface area contributed by atoms with Crippen molar-refractivity contribution in [3.05, 3.63) is 101 Å². The van der Waals surface area contributed by atoms with Crippen molar-refractivity contribution in [3.8, 4) is 0 Å². The van der Waals surface area contributed by atoms with E-state index in [9.17, 15) is 18.0 Å². The maximum atomic E-state index is 13.9. The molecule has 3 aromatic rings. The van der Waals surface area contributed by atoms with Gasteiger partial charge in [0.2, 0.25) is 21.8 Å². The van der Waals surface area contributed by atoms with Gasteiger partial charge in [-0.2, -0.15) is 0 Å². The Morgan fingerprint density at radius 1 is 0.881 bits per heavy atom. The number of anilines is 1. The molecular formula is C33H42ClN3O4S.